The lowest BCUT2D eigenvalue weighted by Gasteiger charge is -2.26. The second-order valence-electron chi connectivity index (χ2n) is 9.60. The lowest BCUT2D eigenvalue weighted by atomic mass is 9.85. The molecule has 0 saturated carbocycles. The van der Waals surface area contributed by atoms with Crippen LogP contribution in [-0.2, 0) is 0 Å². The van der Waals surface area contributed by atoms with Gasteiger partial charge in [0.2, 0.25) is 0 Å². The molecule has 0 fully saturated rings. The number of anilines is 1. The Hall–Kier alpha value is -3.77. The highest BCUT2D eigenvalue weighted by atomic mass is 16.5. The van der Waals surface area contributed by atoms with E-state index >= 15 is 0 Å². The van der Waals surface area contributed by atoms with Crippen LogP contribution in [-0.4, -0.2) is 52.8 Å². The molecular formula is C32H38N2O4. The molecule has 0 saturated heterocycles. The highest BCUT2D eigenvalue weighted by molar-refractivity contribution is 6.00. The molecule has 3 aromatic carbocycles. The summed E-state index contributed by atoms with van der Waals surface area (Å²) in [7, 11) is 7.35. The Labute approximate surface area is 225 Å². The highest BCUT2D eigenvalue weighted by Gasteiger charge is 2.27. The van der Waals surface area contributed by atoms with Crippen LogP contribution >= 0.6 is 0 Å². The maximum absolute atomic E-state index is 13.0. The number of nitrogens with zero attached hydrogens (tertiary/aromatic N) is 2. The molecule has 1 atom stereocenters. The molecule has 6 heteroatoms. The van der Waals surface area contributed by atoms with Gasteiger partial charge in [-0.3, -0.25) is 0 Å². The number of rotatable bonds is 11. The van der Waals surface area contributed by atoms with Crippen LogP contribution in [0, 0.1) is 0 Å². The normalized spacial score (nSPS) is 12.1. The minimum atomic E-state index is -0.404. The van der Waals surface area contributed by atoms with E-state index in [1.807, 2.05) is 50.5 Å². The van der Waals surface area contributed by atoms with Crippen molar-refractivity contribution in [3.8, 4) is 22.6 Å². The van der Waals surface area contributed by atoms with E-state index in [2.05, 4.69) is 47.9 Å². The number of hydrogen-bond acceptors (Lipinski definition) is 6. The molecule has 4 aromatic rings. The predicted molar refractivity (Wildman–Crippen MR) is 156 cm³/mol. The molecule has 1 heterocycles. The molecule has 0 aliphatic heterocycles. The van der Waals surface area contributed by atoms with E-state index in [9.17, 15) is 4.79 Å². The first kappa shape index (κ1) is 27.3. The van der Waals surface area contributed by atoms with Crippen molar-refractivity contribution >= 4 is 16.7 Å². The largest absolute Gasteiger partial charge is 0.496 e. The van der Waals surface area contributed by atoms with E-state index in [0.717, 1.165) is 59.4 Å². The molecule has 0 amide bonds. The summed E-state index contributed by atoms with van der Waals surface area (Å²) in [5.74, 6) is 1.18. The third kappa shape index (κ3) is 5.55. The van der Waals surface area contributed by atoms with Crippen LogP contribution in [0.4, 0.5) is 5.69 Å². The minimum Gasteiger partial charge on any atom is -0.496 e. The van der Waals surface area contributed by atoms with Crippen molar-refractivity contribution < 1.29 is 13.9 Å². The second kappa shape index (κ2) is 12.2. The minimum absolute atomic E-state index is 0.0654. The van der Waals surface area contributed by atoms with Gasteiger partial charge < -0.3 is 23.7 Å². The van der Waals surface area contributed by atoms with Crippen molar-refractivity contribution in [1.82, 2.24) is 4.90 Å². The third-order valence-electron chi connectivity index (χ3n) is 7.29. The lowest BCUT2D eigenvalue weighted by Crippen LogP contribution is -2.25. The summed E-state index contributed by atoms with van der Waals surface area (Å²) in [6.45, 7) is 7.19. The van der Waals surface area contributed by atoms with Crippen LogP contribution < -0.4 is 20.0 Å². The van der Waals surface area contributed by atoms with Crippen LogP contribution in [0.1, 0.15) is 37.3 Å². The first-order chi connectivity index (χ1) is 18.4. The molecule has 0 N–H and O–H groups in total. The predicted octanol–water partition coefficient (Wildman–Crippen LogP) is 6.41. The van der Waals surface area contributed by atoms with E-state index in [4.69, 9.17) is 13.9 Å². The van der Waals surface area contributed by atoms with Crippen molar-refractivity contribution in [1.29, 1.82) is 0 Å². The summed E-state index contributed by atoms with van der Waals surface area (Å²) < 4.78 is 17.8. The van der Waals surface area contributed by atoms with Crippen molar-refractivity contribution in [2.45, 2.75) is 26.2 Å². The summed E-state index contributed by atoms with van der Waals surface area (Å²) in [5.41, 5.74) is 4.94. The van der Waals surface area contributed by atoms with Crippen molar-refractivity contribution in [3.63, 3.8) is 0 Å². The Morgan fingerprint density at radius 1 is 0.868 bits per heavy atom. The summed E-state index contributed by atoms with van der Waals surface area (Å²) in [6, 6.07) is 21.9. The zero-order chi connectivity index (χ0) is 27.2. The average molecular weight is 515 g/mol. The van der Waals surface area contributed by atoms with Crippen molar-refractivity contribution in [2.75, 3.05) is 52.8 Å². The fraction of sp³-hybridized carbons (Fsp3) is 0.344. The molecule has 6 nitrogen and oxygen atoms in total. The molecule has 0 bridgehead atoms. The quantitative estimate of drug-likeness (QED) is 0.216. The van der Waals surface area contributed by atoms with Gasteiger partial charge in [0.1, 0.15) is 17.1 Å². The Bertz CT molecular complexity index is 1410. The summed E-state index contributed by atoms with van der Waals surface area (Å²) >= 11 is 0. The molecule has 1 aromatic heterocycles. The Balaban J connectivity index is 2.02. The number of benzene rings is 3. The Morgan fingerprint density at radius 2 is 1.53 bits per heavy atom. The summed E-state index contributed by atoms with van der Waals surface area (Å²) in [4.78, 5) is 17.5. The fourth-order valence-electron chi connectivity index (χ4n) is 5.15. The molecule has 38 heavy (non-hydrogen) atoms. The maximum atomic E-state index is 13.0. The van der Waals surface area contributed by atoms with Crippen molar-refractivity contribution in [3.05, 3.63) is 88.3 Å². The zero-order valence-electron chi connectivity index (χ0n) is 23.3. The molecule has 200 valence electrons. The molecule has 1 unspecified atom stereocenters. The van der Waals surface area contributed by atoms with Crippen LogP contribution in [0.5, 0.6) is 11.5 Å². The average Bonchev–Trinajstić information content (AvgIpc) is 2.95. The SMILES string of the molecule is CCN(CC)CCC(c1ccc(N(C)C)cc1)c1c(OC)cc(OC)c2c(-c3ccccc3)cc(=O)oc12. The summed E-state index contributed by atoms with van der Waals surface area (Å²) in [6.07, 6.45) is 0.833. The van der Waals surface area contributed by atoms with Crippen LogP contribution in [0.2, 0.25) is 0 Å². The van der Waals surface area contributed by atoms with E-state index < -0.39 is 5.63 Å². The third-order valence-corrected chi connectivity index (χ3v) is 7.29. The van der Waals surface area contributed by atoms with Gasteiger partial charge in [0.25, 0.3) is 0 Å². The topological polar surface area (TPSA) is 55.2 Å². The summed E-state index contributed by atoms with van der Waals surface area (Å²) in [5, 5.41) is 0.770. The molecule has 0 radical (unpaired) electrons. The standard InChI is InChI=1S/C32H38N2O4/c1-7-34(8-2)19-18-25(23-14-16-24(17-15-23)33(3)4)30-27(36-5)21-28(37-6)31-26(20-29(35)38-32(30)31)22-12-10-9-11-13-22/h9-17,20-21,25H,7-8,18-19H2,1-6H3. The van der Waals surface area contributed by atoms with Gasteiger partial charge in [0.05, 0.1) is 19.6 Å². The lowest BCUT2D eigenvalue weighted by molar-refractivity contribution is 0.293. The number of fused-ring (bicyclic) bond motifs is 1. The van der Waals surface area contributed by atoms with Gasteiger partial charge in [-0.05, 0) is 49.3 Å². The molecule has 4 rings (SSSR count). The second-order valence-corrected chi connectivity index (χ2v) is 9.60. The van der Waals surface area contributed by atoms with Gasteiger partial charge >= 0.3 is 5.63 Å². The van der Waals surface area contributed by atoms with E-state index in [1.54, 1.807) is 20.3 Å². The van der Waals surface area contributed by atoms with Gasteiger partial charge in [0.15, 0.2) is 0 Å². The van der Waals surface area contributed by atoms with Gasteiger partial charge in [-0.25, -0.2) is 4.79 Å². The maximum Gasteiger partial charge on any atom is 0.336 e. The Morgan fingerprint density at radius 3 is 2.11 bits per heavy atom. The van der Waals surface area contributed by atoms with Crippen LogP contribution in [0.15, 0.2) is 75.9 Å². The van der Waals surface area contributed by atoms with Gasteiger partial charge in [-0.1, -0.05) is 56.3 Å². The Kier molecular flexibility index (Phi) is 8.74. The monoisotopic (exact) mass is 514 g/mol. The first-order valence-corrected chi connectivity index (χ1v) is 13.2. The molecule has 0 aliphatic carbocycles. The van der Waals surface area contributed by atoms with E-state index in [0.29, 0.717) is 17.1 Å². The number of hydrogen-bond donors (Lipinski definition) is 0. The molecule has 0 aliphatic rings. The smallest absolute Gasteiger partial charge is 0.336 e. The van der Waals surface area contributed by atoms with E-state index in [1.165, 1.54) is 0 Å². The van der Waals surface area contributed by atoms with Crippen molar-refractivity contribution in [2.24, 2.45) is 0 Å². The first-order valence-electron chi connectivity index (χ1n) is 13.2. The fourth-order valence-corrected chi connectivity index (χ4v) is 5.15. The van der Waals surface area contributed by atoms with E-state index in [-0.39, 0.29) is 5.92 Å². The number of methoxy groups -OCH3 is 2. The van der Waals surface area contributed by atoms with Gasteiger partial charge in [-0.2, -0.15) is 0 Å². The highest BCUT2D eigenvalue weighted by Crippen LogP contribution is 2.46. The van der Waals surface area contributed by atoms with Crippen LogP contribution in [0.3, 0.4) is 0 Å². The van der Waals surface area contributed by atoms with Gasteiger partial charge in [0, 0.05) is 49.0 Å². The van der Waals surface area contributed by atoms with Crippen LogP contribution in [0.25, 0.3) is 22.1 Å². The van der Waals surface area contributed by atoms with Gasteiger partial charge in [-0.15, -0.1) is 0 Å². The number of ether oxygens (including phenoxy) is 2. The molecule has 0 spiro atoms. The zero-order valence-corrected chi connectivity index (χ0v) is 23.3. The molecular weight excluding hydrogens is 476 g/mol.